The van der Waals surface area contributed by atoms with E-state index in [1.807, 2.05) is 0 Å². The number of cyclic esters (lactones) is 1. The van der Waals surface area contributed by atoms with Crippen LogP contribution in [0.25, 0.3) is 0 Å². The molecule has 0 amide bonds. The molecule has 90 valence electrons. The van der Waals surface area contributed by atoms with E-state index in [0.29, 0.717) is 12.0 Å². The van der Waals surface area contributed by atoms with Gasteiger partial charge in [0.15, 0.2) is 0 Å². The van der Waals surface area contributed by atoms with Gasteiger partial charge in [-0.2, -0.15) is 0 Å². The van der Waals surface area contributed by atoms with Crippen LogP contribution in [-0.2, 0) is 14.3 Å². The third-order valence-electron chi connectivity index (χ3n) is 2.59. The summed E-state index contributed by atoms with van der Waals surface area (Å²) >= 11 is 0. The summed E-state index contributed by atoms with van der Waals surface area (Å²) in [6, 6.07) is 4.76. The number of hydrogen-bond acceptors (Lipinski definition) is 5. The monoisotopic (exact) mass is 236 g/mol. The minimum atomic E-state index is -0.859. The first-order valence-corrected chi connectivity index (χ1v) is 5.26. The number of rotatable bonds is 2. The van der Waals surface area contributed by atoms with Gasteiger partial charge in [0.05, 0.1) is 6.61 Å². The van der Waals surface area contributed by atoms with E-state index < -0.39 is 18.0 Å². The number of esters is 2. The first kappa shape index (κ1) is 11.4. The van der Waals surface area contributed by atoms with E-state index in [0.717, 1.165) is 0 Å². The lowest BCUT2D eigenvalue weighted by molar-refractivity contribution is -0.145. The van der Waals surface area contributed by atoms with Crippen LogP contribution < -0.4 is 0 Å². The zero-order valence-corrected chi connectivity index (χ0v) is 9.30. The summed E-state index contributed by atoms with van der Waals surface area (Å²) < 4.78 is 9.65. The molecule has 0 unspecified atom stereocenters. The highest BCUT2D eigenvalue weighted by Crippen LogP contribution is 2.23. The fourth-order valence-corrected chi connectivity index (χ4v) is 1.60. The Labute approximate surface area is 98.0 Å². The summed E-state index contributed by atoms with van der Waals surface area (Å²) in [7, 11) is 0. The van der Waals surface area contributed by atoms with Crippen LogP contribution in [0, 0.1) is 6.92 Å². The SMILES string of the molecule is Cc1cccc(C(=O)O[C@@H]2CCOC2=O)c1O. The molecule has 2 rings (SSSR count). The number of carbonyl (C=O) groups is 2. The van der Waals surface area contributed by atoms with Gasteiger partial charge in [0, 0.05) is 6.42 Å². The number of para-hydroxylation sites is 1. The van der Waals surface area contributed by atoms with Crippen molar-refractivity contribution in [2.24, 2.45) is 0 Å². The van der Waals surface area contributed by atoms with Crippen molar-refractivity contribution in [1.82, 2.24) is 0 Å². The topological polar surface area (TPSA) is 72.8 Å². The molecule has 1 N–H and O–H groups in total. The first-order chi connectivity index (χ1) is 8.09. The van der Waals surface area contributed by atoms with Gasteiger partial charge < -0.3 is 14.6 Å². The number of phenols is 1. The van der Waals surface area contributed by atoms with E-state index in [1.54, 1.807) is 19.1 Å². The lowest BCUT2D eigenvalue weighted by Gasteiger charge is -2.10. The van der Waals surface area contributed by atoms with Crippen LogP contribution >= 0.6 is 0 Å². The van der Waals surface area contributed by atoms with Crippen LogP contribution in [0.5, 0.6) is 5.75 Å². The van der Waals surface area contributed by atoms with E-state index in [4.69, 9.17) is 4.74 Å². The Bertz CT molecular complexity index is 466. The zero-order valence-electron chi connectivity index (χ0n) is 9.30. The van der Waals surface area contributed by atoms with E-state index in [9.17, 15) is 14.7 Å². The number of aromatic hydroxyl groups is 1. The van der Waals surface area contributed by atoms with Gasteiger partial charge in [0.25, 0.3) is 0 Å². The molecule has 5 nitrogen and oxygen atoms in total. The first-order valence-electron chi connectivity index (χ1n) is 5.26. The standard InChI is InChI=1S/C12H12O5/c1-7-3-2-4-8(10(7)13)11(14)17-9-5-6-16-12(9)15/h2-4,9,13H,5-6H2,1H3/t9-/m1/s1. The summed E-state index contributed by atoms with van der Waals surface area (Å²) in [4.78, 5) is 22.9. The molecule has 0 saturated carbocycles. The van der Waals surface area contributed by atoms with Crippen LogP contribution in [-0.4, -0.2) is 29.8 Å². The molecule has 1 aromatic rings. The summed E-state index contributed by atoms with van der Waals surface area (Å²) in [6.45, 7) is 1.94. The Morgan fingerprint density at radius 1 is 1.53 bits per heavy atom. The molecule has 1 aliphatic heterocycles. The second-order valence-electron chi connectivity index (χ2n) is 3.82. The highest BCUT2D eigenvalue weighted by molar-refractivity contribution is 5.94. The molecule has 1 saturated heterocycles. The molecule has 0 spiro atoms. The maximum absolute atomic E-state index is 11.7. The van der Waals surface area contributed by atoms with Crippen molar-refractivity contribution in [3.8, 4) is 5.75 Å². The second kappa shape index (κ2) is 4.45. The second-order valence-corrected chi connectivity index (χ2v) is 3.82. The molecule has 1 atom stereocenters. The molecule has 0 aliphatic carbocycles. The number of phenolic OH excluding ortho intramolecular Hbond substituents is 1. The molecule has 1 fully saturated rings. The number of aryl methyl sites for hydroxylation is 1. The fraction of sp³-hybridized carbons (Fsp3) is 0.333. The summed E-state index contributed by atoms with van der Waals surface area (Å²) in [5.74, 6) is -1.37. The van der Waals surface area contributed by atoms with Crippen LogP contribution in [0.15, 0.2) is 18.2 Å². The lowest BCUT2D eigenvalue weighted by atomic mass is 10.1. The minimum Gasteiger partial charge on any atom is -0.507 e. The van der Waals surface area contributed by atoms with Gasteiger partial charge in [-0.15, -0.1) is 0 Å². The van der Waals surface area contributed by atoms with E-state index in [-0.39, 0.29) is 17.9 Å². The molecule has 17 heavy (non-hydrogen) atoms. The van der Waals surface area contributed by atoms with Crippen LogP contribution in [0.2, 0.25) is 0 Å². The van der Waals surface area contributed by atoms with E-state index >= 15 is 0 Å². The molecule has 1 aromatic carbocycles. The van der Waals surface area contributed by atoms with Gasteiger partial charge in [-0.3, -0.25) is 0 Å². The molecule has 1 aliphatic rings. The van der Waals surface area contributed by atoms with Gasteiger partial charge in [0.1, 0.15) is 11.3 Å². The molecule has 1 heterocycles. The maximum Gasteiger partial charge on any atom is 0.347 e. The number of ether oxygens (including phenoxy) is 2. The minimum absolute atomic E-state index is 0.0599. The summed E-state index contributed by atoms with van der Waals surface area (Å²) in [5, 5.41) is 9.69. The number of hydrogen-bond donors (Lipinski definition) is 1. The van der Waals surface area contributed by atoms with Gasteiger partial charge in [-0.1, -0.05) is 12.1 Å². The van der Waals surface area contributed by atoms with Crippen molar-refractivity contribution < 1.29 is 24.2 Å². The van der Waals surface area contributed by atoms with Gasteiger partial charge in [-0.25, -0.2) is 9.59 Å². The van der Waals surface area contributed by atoms with Crippen LogP contribution in [0.1, 0.15) is 22.3 Å². The van der Waals surface area contributed by atoms with E-state index in [1.165, 1.54) is 6.07 Å². The van der Waals surface area contributed by atoms with Gasteiger partial charge in [0.2, 0.25) is 6.10 Å². The Balaban J connectivity index is 2.14. The zero-order chi connectivity index (χ0) is 12.4. The average Bonchev–Trinajstić information content (AvgIpc) is 2.68. The maximum atomic E-state index is 11.7. The van der Waals surface area contributed by atoms with Crippen molar-refractivity contribution in [2.75, 3.05) is 6.61 Å². The number of carbonyl (C=O) groups excluding carboxylic acids is 2. The van der Waals surface area contributed by atoms with Crippen molar-refractivity contribution >= 4 is 11.9 Å². The predicted molar refractivity (Wildman–Crippen MR) is 57.6 cm³/mol. The van der Waals surface area contributed by atoms with E-state index in [2.05, 4.69) is 4.74 Å². The Morgan fingerprint density at radius 3 is 2.94 bits per heavy atom. The van der Waals surface area contributed by atoms with Crippen molar-refractivity contribution in [2.45, 2.75) is 19.4 Å². The van der Waals surface area contributed by atoms with Crippen molar-refractivity contribution in [1.29, 1.82) is 0 Å². The average molecular weight is 236 g/mol. The van der Waals surface area contributed by atoms with Crippen LogP contribution in [0.4, 0.5) is 0 Å². The molecular formula is C12H12O5. The predicted octanol–water partition coefficient (Wildman–Crippen LogP) is 1.17. The Kier molecular flexibility index (Phi) is 2.99. The highest BCUT2D eigenvalue weighted by Gasteiger charge is 2.31. The van der Waals surface area contributed by atoms with Crippen molar-refractivity contribution in [3.05, 3.63) is 29.3 Å². The van der Waals surface area contributed by atoms with Gasteiger partial charge in [-0.05, 0) is 18.6 Å². The Morgan fingerprint density at radius 2 is 2.29 bits per heavy atom. The summed E-state index contributed by atoms with van der Waals surface area (Å²) in [5.41, 5.74) is 0.637. The quantitative estimate of drug-likeness (QED) is 0.780. The highest BCUT2D eigenvalue weighted by atomic mass is 16.6. The Hall–Kier alpha value is -2.04. The smallest absolute Gasteiger partial charge is 0.347 e. The van der Waals surface area contributed by atoms with Crippen LogP contribution in [0.3, 0.4) is 0 Å². The largest absolute Gasteiger partial charge is 0.507 e. The molecule has 0 aromatic heterocycles. The summed E-state index contributed by atoms with van der Waals surface area (Å²) in [6.07, 6.45) is -0.501. The van der Waals surface area contributed by atoms with Crippen molar-refractivity contribution in [3.63, 3.8) is 0 Å². The number of benzene rings is 1. The third-order valence-corrected chi connectivity index (χ3v) is 2.59. The molecular weight excluding hydrogens is 224 g/mol. The lowest BCUT2D eigenvalue weighted by Crippen LogP contribution is -2.22. The molecule has 5 heteroatoms. The third kappa shape index (κ3) is 2.22. The molecule has 0 radical (unpaired) electrons. The normalized spacial score (nSPS) is 18.9. The van der Waals surface area contributed by atoms with Gasteiger partial charge >= 0.3 is 11.9 Å². The fourth-order valence-electron chi connectivity index (χ4n) is 1.60. The molecule has 0 bridgehead atoms.